The maximum atomic E-state index is 12.8. The molecule has 0 spiro atoms. The molecular weight excluding hydrogens is 378 g/mol. The van der Waals surface area contributed by atoms with Crippen molar-refractivity contribution >= 4 is 15.9 Å². The molecule has 8 heteroatoms. The van der Waals surface area contributed by atoms with Crippen LogP contribution in [-0.4, -0.2) is 68.9 Å². The number of ether oxygens (including phenoxy) is 1. The number of likely N-dealkylation sites (N-methyl/N-ethyl adjacent to an activating group) is 1. The molecule has 0 unspecified atom stereocenters. The summed E-state index contributed by atoms with van der Waals surface area (Å²) in [6, 6.07) is 6.58. The van der Waals surface area contributed by atoms with Crippen LogP contribution >= 0.6 is 0 Å². The van der Waals surface area contributed by atoms with E-state index in [0.29, 0.717) is 18.8 Å². The third-order valence-corrected chi connectivity index (χ3v) is 7.47. The molecular formula is C20H31N3O4S. The maximum Gasteiger partial charge on any atom is 0.260 e. The number of sulfonamides is 1. The Morgan fingerprint density at radius 2 is 1.68 bits per heavy atom. The molecule has 156 valence electrons. The fourth-order valence-corrected chi connectivity index (χ4v) is 5.11. The summed E-state index contributed by atoms with van der Waals surface area (Å²) in [6.07, 6.45) is 4.98. The third-order valence-electron chi connectivity index (χ3n) is 5.56. The summed E-state index contributed by atoms with van der Waals surface area (Å²) < 4.78 is 32.8. The number of carbonyl (C=O) groups excluding carboxylic acids is 1. The highest BCUT2D eigenvalue weighted by Crippen LogP contribution is 2.22. The molecule has 28 heavy (non-hydrogen) atoms. The van der Waals surface area contributed by atoms with E-state index in [1.54, 1.807) is 31.2 Å². The number of benzene rings is 1. The normalized spacial score (nSPS) is 21.2. The minimum Gasteiger partial charge on any atom is -0.481 e. The number of nitrogens with zero attached hydrogens (tertiary/aromatic N) is 2. The lowest BCUT2D eigenvalue weighted by atomic mass is 9.95. The Kier molecular flexibility index (Phi) is 6.95. The van der Waals surface area contributed by atoms with Crippen molar-refractivity contribution in [2.24, 2.45) is 0 Å². The summed E-state index contributed by atoms with van der Waals surface area (Å²) in [7, 11) is -1.51. The second kappa shape index (κ2) is 9.24. The molecule has 1 aliphatic heterocycles. The zero-order valence-corrected chi connectivity index (χ0v) is 17.6. The molecule has 1 amide bonds. The van der Waals surface area contributed by atoms with E-state index in [1.165, 1.54) is 10.7 Å². The van der Waals surface area contributed by atoms with Crippen molar-refractivity contribution in [3.05, 3.63) is 24.3 Å². The van der Waals surface area contributed by atoms with Gasteiger partial charge in [-0.25, -0.2) is 8.42 Å². The van der Waals surface area contributed by atoms with Crippen molar-refractivity contribution in [3.63, 3.8) is 0 Å². The number of hydrogen-bond donors (Lipinski definition) is 1. The Hall–Kier alpha value is -1.64. The predicted octanol–water partition coefficient (Wildman–Crippen LogP) is 1.84. The highest BCUT2D eigenvalue weighted by atomic mass is 32.2. The Morgan fingerprint density at radius 3 is 2.29 bits per heavy atom. The molecule has 1 atom stereocenters. The fourth-order valence-electron chi connectivity index (χ4n) is 3.69. The molecule has 0 radical (unpaired) electrons. The van der Waals surface area contributed by atoms with Crippen LogP contribution in [0.3, 0.4) is 0 Å². The molecule has 1 aromatic rings. The number of amides is 1. The summed E-state index contributed by atoms with van der Waals surface area (Å²) in [5.74, 6) is 0.365. The highest BCUT2D eigenvalue weighted by molar-refractivity contribution is 7.89. The topological polar surface area (TPSA) is 79.0 Å². The van der Waals surface area contributed by atoms with E-state index in [-0.39, 0.29) is 16.8 Å². The summed E-state index contributed by atoms with van der Waals surface area (Å²) in [5, 5.41) is 3.05. The highest BCUT2D eigenvalue weighted by Gasteiger charge is 2.27. The molecule has 1 N–H and O–H groups in total. The first-order valence-electron chi connectivity index (χ1n) is 10.1. The van der Waals surface area contributed by atoms with Crippen LogP contribution in [0.5, 0.6) is 5.75 Å². The maximum absolute atomic E-state index is 12.8. The van der Waals surface area contributed by atoms with Crippen molar-refractivity contribution in [1.29, 1.82) is 0 Å². The van der Waals surface area contributed by atoms with E-state index in [9.17, 15) is 13.2 Å². The first-order valence-corrected chi connectivity index (χ1v) is 11.6. The van der Waals surface area contributed by atoms with Gasteiger partial charge in [-0.2, -0.15) is 4.31 Å². The van der Waals surface area contributed by atoms with E-state index >= 15 is 0 Å². The Bertz CT molecular complexity index is 752. The molecule has 7 nitrogen and oxygen atoms in total. The van der Waals surface area contributed by atoms with Gasteiger partial charge in [0.15, 0.2) is 6.10 Å². The molecule has 1 saturated heterocycles. The van der Waals surface area contributed by atoms with Gasteiger partial charge in [0.1, 0.15) is 5.75 Å². The van der Waals surface area contributed by atoms with E-state index in [1.807, 2.05) is 7.05 Å². The van der Waals surface area contributed by atoms with Crippen LogP contribution in [0.1, 0.15) is 39.0 Å². The summed E-state index contributed by atoms with van der Waals surface area (Å²) in [4.78, 5) is 14.7. The van der Waals surface area contributed by atoms with Crippen molar-refractivity contribution in [1.82, 2.24) is 14.5 Å². The monoisotopic (exact) mass is 409 g/mol. The van der Waals surface area contributed by atoms with Gasteiger partial charge in [-0.05, 0) is 51.1 Å². The zero-order valence-electron chi connectivity index (χ0n) is 16.8. The van der Waals surface area contributed by atoms with Crippen LogP contribution < -0.4 is 10.1 Å². The molecule has 1 saturated carbocycles. The Morgan fingerprint density at radius 1 is 1.07 bits per heavy atom. The first-order chi connectivity index (χ1) is 13.4. The van der Waals surface area contributed by atoms with Crippen LogP contribution in [0, 0.1) is 0 Å². The minimum absolute atomic E-state index is 0.124. The number of piperazine rings is 1. The van der Waals surface area contributed by atoms with Crippen molar-refractivity contribution in [2.45, 2.75) is 56.1 Å². The molecule has 0 bridgehead atoms. The van der Waals surface area contributed by atoms with Crippen LogP contribution in [-0.2, 0) is 14.8 Å². The molecule has 1 aliphatic carbocycles. The second-order valence-electron chi connectivity index (χ2n) is 7.78. The molecule has 2 fully saturated rings. The smallest absolute Gasteiger partial charge is 0.260 e. The van der Waals surface area contributed by atoms with Gasteiger partial charge in [-0.1, -0.05) is 19.3 Å². The lowest BCUT2D eigenvalue weighted by Gasteiger charge is -2.31. The summed E-state index contributed by atoms with van der Waals surface area (Å²) >= 11 is 0. The van der Waals surface area contributed by atoms with Crippen LogP contribution in [0.15, 0.2) is 29.2 Å². The van der Waals surface area contributed by atoms with E-state index < -0.39 is 16.1 Å². The average molecular weight is 410 g/mol. The standard InChI is InChI=1S/C20H31N3O4S/c1-16(20(24)21-17-6-4-3-5-7-17)27-18-8-10-19(11-9-18)28(25,26)23-14-12-22(2)13-15-23/h8-11,16-17H,3-7,12-15H2,1-2H3,(H,21,24)/t16-/m1/s1. The number of nitrogens with one attached hydrogen (secondary N) is 1. The third kappa shape index (κ3) is 5.24. The van der Waals surface area contributed by atoms with E-state index in [0.717, 1.165) is 38.8 Å². The lowest BCUT2D eigenvalue weighted by Crippen LogP contribution is -2.47. The van der Waals surface area contributed by atoms with Crippen LogP contribution in [0.4, 0.5) is 0 Å². The van der Waals surface area contributed by atoms with Gasteiger partial charge in [0, 0.05) is 32.2 Å². The van der Waals surface area contributed by atoms with Crippen molar-refractivity contribution < 1.29 is 17.9 Å². The van der Waals surface area contributed by atoms with Gasteiger partial charge in [0.05, 0.1) is 4.90 Å². The number of carbonyl (C=O) groups is 1. The lowest BCUT2D eigenvalue weighted by molar-refractivity contribution is -0.128. The van der Waals surface area contributed by atoms with Crippen molar-refractivity contribution in [3.8, 4) is 5.75 Å². The van der Waals surface area contributed by atoms with Crippen LogP contribution in [0.2, 0.25) is 0 Å². The molecule has 0 aromatic heterocycles. The first kappa shape index (κ1) is 21.1. The molecule has 1 aromatic carbocycles. The second-order valence-corrected chi connectivity index (χ2v) is 9.72. The zero-order chi connectivity index (χ0) is 20.1. The Labute approximate surface area is 168 Å². The summed E-state index contributed by atoms with van der Waals surface area (Å²) in [6.45, 7) is 4.17. The van der Waals surface area contributed by atoms with Gasteiger partial charge >= 0.3 is 0 Å². The molecule has 2 aliphatic rings. The molecule has 3 rings (SSSR count). The van der Waals surface area contributed by atoms with E-state index in [4.69, 9.17) is 4.74 Å². The number of hydrogen-bond acceptors (Lipinski definition) is 5. The van der Waals surface area contributed by atoms with Gasteiger partial charge in [0.2, 0.25) is 10.0 Å². The predicted molar refractivity (Wildman–Crippen MR) is 108 cm³/mol. The van der Waals surface area contributed by atoms with Gasteiger partial charge in [0.25, 0.3) is 5.91 Å². The fraction of sp³-hybridized carbons (Fsp3) is 0.650. The van der Waals surface area contributed by atoms with Gasteiger partial charge < -0.3 is 15.0 Å². The van der Waals surface area contributed by atoms with Crippen LogP contribution in [0.25, 0.3) is 0 Å². The molecule has 1 heterocycles. The van der Waals surface area contributed by atoms with Gasteiger partial charge in [-0.3, -0.25) is 4.79 Å². The van der Waals surface area contributed by atoms with E-state index in [2.05, 4.69) is 10.2 Å². The largest absolute Gasteiger partial charge is 0.481 e. The van der Waals surface area contributed by atoms with Crippen molar-refractivity contribution in [2.75, 3.05) is 33.2 Å². The SMILES string of the molecule is C[C@@H](Oc1ccc(S(=O)(=O)N2CCN(C)CC2)cc1)C(=O)NC1CCCCC1. The Balaban J connectivity index is 1.56. The average Bonchev–Trinajstić information content (AvgIpc) is 2.69. The summed E-state index contributed by atoms with van der Waals surface area (Å²) in [5.41, 5.74) is 0. The quantitative estimate of drug-likeness (QED) is 0.776. The van der Waals surface area contributed by atoms with Gasteiger partial charge in [-0.15, -0.1) is 0 Å². The minimum atomic E-state index is -3.49. The number of rotatable bonds is 6.